The summed E-state index contributed by atoms with van der Waals surface area (Å²) in [7, 11) is -3.88. The number of halogens is 1. The molecule has 1 saturated carbocycles. The van der Waals surface area contributed by atoms with E-state index in [0.29, 0.717) is 6.42 Å². The molecule has 0 bridgehead atoms. The van der Waals surface area contributed by atoms with Gasteiger partial charge in [0.25, 0.3) is 5.69 Å². The van der Waals surface area contributed by atoms with E-state index in [-0.39, 0.29) is 28.5 Å². The van der Waals surface area contributed by atoms with E-state index in [1.54, 1.807) is 0 Å². The van der Waals surface area contributed by atoms with Crippen molar-refractivity contribution in [1.29, 1.82) is 0 Å². The molecular weight excluding hydrogens is 320 g/mol. The average molecular weight is 335 g/mol. The van der Waals surface area contributed by atoms with Crippen molar-refractivity contribution in [3.63, 3.8) is 0 Å². The predicted molar refractivity (Wildman–Crippen MR) is 76.6 cm³/mol. The van der Waals surface area contributed by atoms with E-state index in [4.69, 9.17) is 11.6 Å². The Balaban J connectivity index is 2.27. The monoisotopic (exact) mass is 334 g/mol. The van der Waals surface area contributed by atoms with Crippen molar-refractivity contribution in [2.24, 2.45) is 5.92 Å². The predicted octanol–water partition coefficient (Wildman–Crippen LogP) is 1.69. The number of sulfonamides is 1. The number of aliphatic hydroxyl groups is 1. The number of nitro groups is 1. The van der Waals surface area contributed by atoms with E-state index in [0.717, 1.165) is 18.9 Å². The molecule has 2 N–H and O–H groups in total. The van der Waals surface area contributed by atoms with Gasteiger partial charge in [-0.25, -0.2) is 13.1 Å². The Labute approximate surface area is 127 Å². The molecule has 0 spiro atoms. The lowest BCUT2D eigenvalue weighted by Gasteiger charge is -2.19. The molecule has 0 aliphatic heterocycles. The van der Waals surface area contributed by atoms with Crippen LogP contribution in [0.3, 0.4) is 0 Å². The first kappa shape index (κ1) is 16.2. The molecular formula is C12H15ClN2O5S. The zero-order chi connectivity index (χ0) is 15.6. The van der Waals surface area contributed by atoms with E-state index in [2.05, 4.69) is 4.72 Å². The summed E-state index contributed by atoms with van der Waals surface area (Å²) in [5.41, 5.74) is -0.454. The molecule has 2 unspecified atom stereocenters. The first-order valence-electron chi connectivity index (χ1n) is 6.42. The maximum Gasteiger partial charge on any atom is 0.289 e. The number of aliphatic hydroxyl groups excluding tert-OH is 1. The van der Waals surface area contributed by atoms with Gasteiger partial charge >= 0.3 is 0 Å². The maximum atomic E-state index is 12.3. The topological polar surface area (TPSA) is 110 Å². The summed E-state index contributed by atoms with van der Waals surface area (Å²) in [5.74, 6) is -0.123. The lowest BCUT2D eigenvalue weighted by Crippen LogP contribution is -2.38. The minimum absolute atomic E-state index is 0.0893. The Hall–Kier alpha value is -1.22. The number of benzene rings is 1. The SMILES string of the molecule is O=[N+]([O-])c1cc(S(=O)(=O)NC2CCCC2CO)ccc1Cl. The van der Waals surface area contributed by atoms with Crippen LogP contribution in [0.2, 0.25) is 5.02 Å². The summed E-state index contributed by atoms with van der Waals surface area (Å²) in [5, 5.41) is 19.9. The Morgan fingerprint density at radius 2 is 2.14 bits per heavy atom. The highest BCUT2D eigenvalue weighted by Crippen LogP contribution is 2.29. The van der Waals surface area contributed by atoms with Gasteiger partial charge < -0.3 is 5.11 Å². The van der Waals surface area contributed by atoms with Crippen LogP contribution in [-0.2, 0) is 10.0 Å². The van der Waals surface area contributed by atoms with E-state index in [9.17, 15) is 23.6 Å². The first-order valence-corrected chi connectivity index (χ1v) is 8.28. The smallest absolute Gasteiger partial charge is 0.289 e. The largest absolute Gasteiger partial charge is 0.396 e. The van der Waals surface area contributed by atoms with E-state index < -0.39 is 20.6 Å². The first-order chi connectivity index (χ1) is 9.85. The summed E-state index contributed by atoms with van der Waals surface area (Å²) in [4.78, 5) is 9.88. The summed E-state index contributed by atoms with van der Waals surface area (Å²) in [6.45, 7) is -0.0893. The molecule has 0 aromatic heterocycles. The second-order valence-corrected chi connectivity index (χ2v) is 7.09. The van der Waals surface area contributed by atoms with Crippen LogP contribution >= 0.6 is 11.6 Å². The van der Waals surface area contributed by atoms with Gasteiger partial charge in [-0.05, 0) is 30.9 Å². The van der Waals surface area contributed by atoms with Crippen LogP contribution in [0.4, 0.5) is 5.69 Å². The lowest BCUT2D eigenvalue weighted by molar-refractivity contribution is -0.384. The second kappa shape index (κ2) is 6.27. The Morgan fingerprint density at radius 1 is 1.43 bits per heavy atom. The molecule has 21 heavy (non-hydrogen) atoms. The standard InChI is InChI=1S/C12H15ClN2O5S/c13-10-5-4-9(6-12(10)15(17)18)21(19,20)14-11-3-1-2-8(11)7-16/h4-6,8,11,14,16H,1-3,7H2. The van der Waals surface area contributed by atoms with Gasteiger partial charge in [-0.1, -0.05) is 18.0 Å². The fourth-order valence-electron chi connectivity index (χ4n) is 2.48. The van der Waals surface area contributed by atoms with Crippen molar-refractivity contribution in [2.75, 3.05) is 6.61 Å². The van der Waals surface area contributed by atoms with E-state index in [1.807, 2.05) is 0 Å². The second-order valence-electron chi connectivity index (χ2n) is 4.97. The molecule has 116 valence electrons. The summed E-state index contributed by atoms with van der Waals surface area (Å²) < 4.78 is 27.1. The van der Waals surface area contributed by atoms with Crippen LogP contribution in [0.5, 0.6) is 0 Å². The normalized spacial score (nSPS) is 22.4. The number of nitrogens with zero attached hydrogens (tertiary/aromatic N) is 1. The highest BCUT2D eigenvalue weighted by molar-refractivity contribution is 7.89. The molecule has 0 amide bonds. The van der Waals surface area contributed by atoms with Gasteiger partial charge in [0.1, 0.15) is 5.02 Å². The molecule has 0 heterocycles. The van der Waals surface area contributed by atoms with Gasteiger partial charge in [0.05, 0.1) is 9.82 Å². The number of rotatable bonds is 5. The van der Waals surface area contributed by atoms with E-state index >= 15 is 0 Å². The van der Waals surface area contributed by atoms with Gasteiger partial charge in [-0.3, -0.25) is 10.1 Å². The molecule has 1 aliphatic rings. The van der Waals surface area contributed by atoms with Gasteiger partial charge in [0, 0.05) is 18.7 Å². The molecule has 1 fully saturated rings. The number of hydrogen-bond acceptors (Lipinski definition) is 5. The highest BCUT2D eigenvalue weighted by atomic mass is 35.5. The van der Waals surface area contributed by atoms with Crippen molar-refractivity contribution in [3.8, 4) is 0 Å². The zero-order valence-electron chi connectivity index (χ0n) is 11.0. The Kier molecular flexibility index (Phi) is 4.82. The fraction of sp³-hybridized carbons (Fsp3) is 0.500. The molecule has 1 aromatic carbocycles. The van der Waals surface area contributed by atoms with Crippen molar-refractivity contribution in [1.82, 2.24) is 4.72 Å². The van der Waals surface area contributed by atoms with Crippen LogP contribution in [0.25, 0.3) is 0 Å². The Morgan fingerprint density at radius 3 is 2.76 bits per heavy atom. The number of hydrogen-bond donors (Lipinski definition) is 2. The van der Waals surface area contributed by atoms with Crippen LogP contribution < -0.4 is 4.72 Å². The summed E-state index contributed by atoms with van der Waals surface area (Å²) >= 11 is 5.67. The lowest BCUT2D eigenvalue weighted by atomic mass is 10.1. The van der Waals surface area contributed by atoms with Crippen LogP contribution in [0.15, 0.2) is 23.1 Å². The minimum Gasteiger partial charge on any atom is -0.396 e. The van der Waals surface area contributed by atoms with Crippen molar-refractivity contribution in [3.05, 3.63) is 33.3 Å². The van der Waals surface area contributed by atoms with Crippen molar-refractivity contribution >= 4 is 27.3 Å². The third kappa shape index (κ3) is 3.52. The van der Waals surface area contributed by atoms with Crippen molar-refractivity contribution < 1.29 is 18.4 Å². The third-order valence-corrected chi connectivity index (χ3v) is 5.43. The molecule has 7 nitrogen and oxygen atoms in total. The van der Waals surface area contributed by atoms with Crippen LogP contribution in [0.1, 0.15) is 19.3 Å². The van der Waals surface area contributed by atoms with Crippen molar-refractivity contribution in [2.45, 2.75) is 30.2 Å². The van der Waals surface area contributed by atoms with Crippen LogP contribution in [0, 0.1) is 16.0 Å². The van der Waals surface area contributed by atoms with Crippen LogP contribution in [-0.4, -0.2) is 31.1 Å². The average Bonchev–Trinajstić information content (AvgIpc) is 2.85. The van der Waals surface area contributed by atoms with Gasteiger partial charge in [0.15, 0.2) is 0 Å². The molecule has 9 heteroatoms. The number of nitro benzene ring substituents is 1. The highest BCUT2D eigenvalue weighted by Gasteiger charge is 2.31. The zero-order valence-corrected chi connectivity index (χ0v) is 12.6. The molecule has 1 aromatic rings. The fourth-order valence-corrected chi connectivity index (χ4v) is 4.02. The number of nitrogens with one attached hydrogen (secondary N) is 1. The molecule has 2 rings (SSSR count). The van der Waals surface area contributed by atoms with Gasteiger partial charge in [-0.15, -0.1) is 0 Å². The van der Waals surface area contributed by atoms with E-state index in [1.165, 1.54) is 12.1 Å². The van der Waals surface area contributed by atoms with Gasteiger partial charge in [0.2, 0.25) is 10.0 Å². The molecule has 0 radical (unpaired) electrons. The Bertz CT molecular complexity index is 649. The molecule has 2 atom stereocenters. The van der Waals surface area contributed by atoms with Gasteiger partial charge in [-0.2, -0.15) is 0 Å². The molecule has 1 aliphatic carbocycles. The molecule has 0 saturated heterocycles. The summed E-state index contributed by atoms with van der Waals surface area (Å²) in [6.07, 6.45) is 2.23. The third-order valence-electron chi connectivity index (χ3n) is 3.62. The maximum absolute atomic E-state index is 12.3. The minimum atomic E-state index is -3.88. The quantitative estimate of drug-likeness (QED) is 0.629. The summed E-state index contributed by atoms with van der Waals surface area (Å²) in [6, 6.07) is 3.00.